The van der Waals surface area contributed by atoms with Gasteiger partial charge < -0.3 is 9.47 Å². The number of rotatable bonds is 2. The first-order chi connectivity index (χ1) is 7.28. The van der Waals surface area contributed by atoms with Gasteiger partial charge in [-0.15, -0.1) is 0 Å². The lowest BCUT2D eigenvalue weighted by molar-refractivity contribution is 0.141. The van der Waals surface area contributed by atoms with Crippen LogP contribution in [0.15, 0.2) is 18.2 Å². The summed E-state index contributed by atoms with van der Waals surface area (Å²) in [6.07, 6.45) is 0.775. The molecular weight excluding hydrogens is 197 g/mol. The van der Waals surface area contributed by atoms with Crippen LogP contribution in [-0.4, -0.2) is 19.3 Å². The zero-order valence-electron chi connectivity index (χ0n) is 8.07. The molecule has 1 unspecified atom stereocenters. The normalized spacial score (nSPS) is 19.9. The third kappa shape index (κ3) is 2.45. The molecule has 1 fully saturated rings. The van der Waals surface area contributed by atoms with Gasteiger partial charge in [0.15, 0.2) is 0 Å². The standard InChI is InChI=1S/C11H10FNO2/c12-9-3-8(6-13)4-11(5-9)15-10-1-2-14-7-10/h3-5,10H,1-2,7H2. The van der Waals surface area contributed by atoms with Gasteiger partial charge in [0.1, 0.15) is 17.7 Å². The van der Waals surface area contributed by atoms with Crippen LogP contribution in [0.25, 0.3) is 0 Å². The van der Waals surface area contributed by atoms with Gasteiger partial charge in [-0.3, -0.25) is 0 Å². The SMILES string of the molecule is N#Cc1cc(F)cc(OC2CCOC2)c1. The fourth-order valence-electron chi connectivity index (χ4n) is 1.49. The Balaban J connectivity index is 2.13. The van der Waals surface area contributed by atoms with E-state index in [0.29, 0.717) is 19.0 Å². The van der Waals surface area contributed by atoms with E-state index in [-0.39, 0.29) is 11.7 Å². The van der Waals surface area contributed by atoms with Crippen molar-refractivity contribution in [1.29, 1.82) is 5.26 Å². The van der Waals surface area contributed by atoms with Crippen LogP contribution < -0.4 is 4.74 Å². The molecule has 0 radical (unpaired) electrons. The second-order valence-corrected chi connectivity index (χ2v) is 3.39. The average molecular weight is 207 g/mol. The number of nitrogens with zero attached hydrogens (tertiary/aromatic N) is 1. The summed E-state index contributed by atoms with van der Waals surface area (Å²) in [5.74, 6) is -0.0648. The summed E-state index contributed by atoms with van der Waals surface area (Å²) in [5.41, 5.74) is 0.268. The van der Waals surface area contributed by atoms with Gasteiger partial charge in [-0.2, -0.15) is 5.26 Å². The van der Waals surface area contributed by atoms with Crippen LogP contribution in [0.3, 0.4) is 0 Å². The van der Waals surface area contributed by atoms with Gasteiger partial charge in [0, 0.05) is 12.5 Å². The number of benzene rings is 1. The molecular formula is C11H10FNO2. The summed E-state index contributed by atoms with van der Waals surface area (Å²) in [6, 6.07) is 5.87. The molecule has 1 aromatic rings. The zero-order valence-corrected chi connectivity index (χ0v) is 8.07. The first kappa shape index (κ1) is 9.94. The van der Waals surface area contributed by atoms with Crippen molar-refractivity contribution in [2.24, 2.45) is 0 Å². The highest BCUT2D eigenvalue weighted by atomic mass is 19.1. The van der Waals surface area contributed by atoms with E-state index in [1.54, 1.807) is 0 Å². The number of ether oxygens (including phenoxy) is 2. The molecule has 0 aliphatic carbocycles. The summed E-state index contributed by atoms with van der Waals surface area (Å²) in [5, 5.41) is 8.65. The quantitative estimate of drug-likeness (QED) is 0.743. The maximum Gasteiger partial charge on any atom is 0.128 e. The summed E-state index contributed by atoms with van der Waals surface area (Å²) in [4.78, 5) is 0. The van der Waals surface area contributed by atoms with Crippen LogP contribution in [0.1, 0.15) is 12.0 Å². The second kappa shape index (κ2) is 4.28. The molecule has 0 aromatic heterocycles. The Bertz CT molecular complexity index is 394. The van der Waals surface area contributed by atoms with Crippen LogP contribution in [0.2, 0.25) is 0 Å². The Morgan fingerprint density at radius 1 is 1.47 bits per heavy atom. The van der Waals surface area contributed by atoms with Crippen molar-refractivity contribution >= 4 is 0 Å². The van der Waals surface area contributed by atoms with Crippen LogP contribution in [0.4, 0.5) is 4.39 Å². The Kier molecular flexibility index (Phi) is 2.84. The van der Waals surface area contributed by atoms with Gasteiger partial charge in [-0.25, -0.2) is 4.39 Å². The number of hydrogen-bond acceptors (Lipinski definition) is 3. The molecule has 1 aliphatic heterocycles. The van der Waals surface area contributed by atoms with Crippen LogP contribution in [0.5, 0.6) is 5.75 Å². The van der Waals surface area contributed by atoms with Gasteiger partial charge in [0.25, 0.3) is 0 Å². The lowest BCUT2D eigenvalue weighted by Crippen LogP contribution is -2.15. The van der Waals surface area contributed by atoms with E-state index in [1.165, 1.54) is 18.2 Å². The van der Waals surface area contributed by atoms with Crippen molar-refractivity contribution in [2.75, 3.05) is 13.2 Å². The van der Waals surface area contributed by atoms with Crippen LogP contribution >= 0.6 is 0 Å². The van der Waals surface area contributed by atoms with E-state index in [9.17, 15) is 4.39 Å². The van der Waals surface area contributed by atoms with Gasteiger partial charge in [0.2, 0.25) is 0 Å². The smallest absolute Gasteiger partial charge is 0.128 e. The Labute approximate surface area is 87.0 Å². The molecule has 0 bridgehead atoms. The molecule has 15 heavy (non-hydrogen) atoms. The molecule has 0 spiro atoms. The minimum absolute atomic E-state index is 0.0293. The molecule has 0 saturated carbocycles. The van der Waals surface area contributed by atoms with E-state index in [1.807, 2.05) is 6.07 Å². The molecule has 1 aliphatic rings. The summed E-state index contributed by atoms with van der Waals surface area (Å²) < 4.78 is 23.6. The van der Waals surface area contributed by atoms with E-state index in [2.05, 4.69) is 0 Å². The molecule has 1 atom stereocenters. The Hall–Kier alpha value is -1.60. The molecule has 3 nitrogen and oxygen atoms in total. The fourth-order valence-corrected chi connectivity index (χ4v) is 1.49. The van der Waals surface area contributed by atoms with Crippen molar-refractivity contribution in [3.05, 3.63) is 29.6 Å². The first-order valence-corrected chi connectivity index (χ1v) is 4.73. The van der Waals surface area contributed by atoms with Gasteiger partial charge in [0.05, 0.1) is 24.8 Å². The van der Waals surface area contributed by atoms with E-state index in [0.717, 1.165) is 6.42 Å². The van der Waals surface area contributed by atoms with Gasteiger partial charge in [-0.05, 0) is 12.1 Å². The molecule has 0 N–H and O–H groups in total. The molecule has 1 heterocycles. The fraction of sp³-hybridized carbons (Fsp3) is 0.364. The Morgan fingerprint density at radius 3 is 3.00 bits per heavy atom. The Morgan fingerprint density at radius 2 is 2.33 bits per heavy atom. The number of halogens is 1. The molecule has 78 valence electrons. The summed E-state index contributed by atoms with van der Waals surface area (Å²) in [7, 11) is 0. The number of nitriles is 1. The minimum atomic E-state index is -0.456. The lowest BCUT2D eigenvalue weighted by Gasteiger charge is -2.11. The maximum absolute atomic E-state index is 13.0. The largest absolute Gasteiger partial charge is 0.488 e. The van der Waals surface area contributed by atoms with Crippen LogP contribution in [0, 0.1) is 17.1 Å². The van der Waals surface area contributed by atoms with Crippen molar-refractivity contribution < 1.29 is 13.9 Å². The zero-order chi connectivity index (χ0) is 10.7. The van der Waals surface area contributed by atoms with Crippen molar-refractivity contribution in [1.82, 2.24) is 0 Å². The predicted molar refractivity (Wildman–Crippen MR) is 51.0 cm³/mol. The van der Waals surface area contributed by atoms with Crippen molar-refractivity contribution in [2.45, 2.75) is 12.5 Å². The highest BCUT2D eigenvalue weighted by molar-refractivity contribution is 5.37. The number of hydrogen-bond donors (Lipinski definition) is 0. The minimum Gasteiger partial charge on any atom is -0.488 e. The molecule has 1 aromatic carbocycles. The van der Waals surface area contributed by atoms with E-state index in [4.69, 9.17) is 14.7 Å². The third-order valence-corrected chi connectivity index (χ3v) is 2.19. The van der Waals surface area contributed by atoms with Crippen molar-refractivity contribution in [3.8, 4) is 11.8 Å². The van der Waals surface area contributed by atoms with E-state index >= 15 is 0 Å². The molecule has 0 amide bonds. The maximum atomic E-state index is 13.0. The van der Waals surface area contributed by atoms with E-state index < -0.39 is 5.82 Å². The molecule has 2 rings (SSSR count). The van der Waals surface area contributed by atoms with Gasteiger partial charge in [-0.1, -0.05) is 0 Å². The second-order valence-electron chi connectivity index (χ2n) is 3.39. The lowest BCUT2D eigenvalue weighted by atomic mass is 10.2. The third-order valence-electron chi connectivity index (χ3n) is 2.19. The molecule has 4 heteroatoms. The monoisotopic (exact) mass is 207 g/mol. The van der Waals surface area contributed by atoms with Crippen LogP contribution in [-0.2, 0) is 4.74 Å². The molecule has 1 saturated heterocycles. The highest BCUT2D eigenvalue weighted by Crippen LogP contribution is 2.19. The topological polar surface area (TPSA) is 42.2 Å². The first-order valence-electron chi connectivity index (χ1n) is 4.73. The van der Waals surface area contributed by atoms with Crippen molar-refractivity contribution in [3.63, 3.8) is 0 Å². The van der Waals surface area contributed by atoms with Gasteiger partial charge >= 0.3 is 0 Å². The predicted octanol–water partition coefficient (Wildman–Crippen LogP) is 1.87. The summed E-state index contributed by atoms with van der Waals surface area (Å²) >= 11 is 0. The highest BCUT2D eigenvalue weighted by Gasteiger charge is 2.17. The summed E-state index contributed by atoms with van der Waals surface area (Å²) in [6.45, 7) is 1.20. The average Bonchev–Trinajstić information content (AvgIpc) is 2.69.